The lowest BCUT2D eigenvalue weighted by molar-refractivity contribution is 0.481. The third-order valence-electron chi connectivity index (χ3n) is 2.84. The van der Waals surface area contributed by atoms with Crippen LogP contribution in [0.3, 0.4) is 0 Å². The highest BCUT2D eigenvalue weighted by Crippen LogP contribution is 2.30. The predicted octanol–water partition coefficient (Wildman–Crippen LogP) is 1.70. The molecule has 0 aliphatic heterocycles. The molecule has 2 heterocycles. The topological polar surface area (TPSA) is 70.4 Å². The van der Waals surface area contributed by atoms with E-state index in [2.05, 4.69) is 10.1 Å². The highest BCUT2D eigenvalue weighted by molar-refractivity contribution is 5.74. The van der Waals surface area contributed by atoms with E-state index in [-0.39, 0.29) is 11.3 Å². The number of rotatable bonds is 1. The number of aromatic nitrogens is 3. The second-order valence-corrected chi connectivity index (χ2v) is 4.12. The van der Waals surface area contributed by atoms with Crippen molar-refractivity contribution in [2.75, 3.05) is 0 Å². The predicted molar refractivity (Wildman–Crippen MR) is 67.7 cm³/mol. The zero-order chi connectivity index (χ0) is 12.7. The number of hydrogen-bond acceptors (Lipinski definition) is 3. The minimum absolute atomic E-state index is 0.0155. The number of hydrogen-bond donors (Lipinski definition) is 2. The van der Waals surface area contributed by atoms with Gasteiger partial charge in [-0.3, -0.25) is 4.79 Å². The molecule has 0 fully saturated rings. The number of aromatic amines is 1. The summed E-state index contributed by atoms with van der Waals surface area (Å²) in [6.45, 7) is 1.69. The molecule has 0 unspecified atom stereocenters. The van der Waals surface area contributed by atoms with Gasteiger partial charge in [0.2, 0.25) is 0 Å². The van der Waals surface area contributed by atoms with Crippen LogP contribution < -0.4 is 5.56 Å². The average Bonchev–Trinajstić information content (AvgIpc) is 2.69. The minimum Gasteiger partial charge on any atom is -0.503 e. The van der Waals surface area contributed by atoms with E-state index >= 15 is 0 Å². The Balaban J connectivity index is 2.33. The Hall–Kier alpha value is -2.56. The molecule has 0 atom stereocenters. The van der Waals surface area contributed by atoms with E-state index in [1.165, 1.54) is 4.52 Å². The lowest BCUT2D eigenvalue weighted by Gasteiger charge is -1.95. The van der Waals surface area contributed by atoms with Crippen molar-refractivity contribution in [1.82, 2.24) is 14.6 Å². The number of benzene rings is 1. The van der Waals surface area contributed by atoms with Crippen LogP contribution in [0, 0.1) is 6.92 Å². The Morgan fingerprint density at radius 3 is 2.72 bits per heavy atom. The lowest BCUT2D eigenvalue weighted by Crippen LogP contribution is -2.11. The standard InChI is InChI=1S/C13H11N3O2/c1-8-7-16-12(14-13(8)18)11(17)10(15-16)9-5-3-2-4-6-9/h2-7,17H,1H3,(H,14,18). The van der Waals surface area contributed by atoms with E-state index < -0.39 is 0 Å². The number of aromatic hydroxyl groups is 1. The summed E-state index contributed by atoms with van der Waals surface area (Å²) in [5.41, 5.74) is 1.89. The maximum Gasteiger partial charge on any atom is 0.254 e. The molecular weight excluding hydrogens is 230 g/mol. The lowest BCUT2D eigenvalue weighted by atomic mass is 10.1. The average molecular weight is 241 g/mol. The summed E-state index contributed by atoms with van der Waals surface area (Å²) >= 11 is 0. The molecule has 5 nitrogen and oxygen atoms in total. The zero-order valence-corrected chi connectivity index (χ0v) is 9.71. The highest BCUT2D eigenvalue weighted by Gasteiger charge is 2.14. The van der Waals surface area contributed by atoms with Crippen LogP contribution in [0.1, 0.15) is 5.56 Å². The van der Waals surface area contributed by atoms with Gasteiger partial charge in [0.1, 0.15) is 5.69 Å². The molecule has 1 aromatic carbocycles. The first-order chi connectivity index (χ1) is 8.66. The van der Waals surface area contributed by atoms with E-state index in [1.54, 1.807) is 13.1 Å². The summed E-state index contributed by atoms with van der Waals surface area (Å²) in [5, 5.41) is 14.4. The number of nitrogens with zero attached hydrogens (tertiary/aromatic N) is 2. The van der Waals surface area contributed by atoms with Gasteiger partial charge in [-0.25, -0.2) is 4.52 Å². The molecule has 5 heteroatoms. The fraction of sp³-hybridized carbons (Fsp3) is 0.0769. The third kappa shape index (κ3) is 1.48. The molecule has 0 saturated carbocycles. The third-order valence-corrected chi connectivity index (χ3v) is 2.84. The molecule has 3 aromatic rings. The molecule has 3 rings (SSSR count). The zero-order valence-electron chi connectivity index (χ0n) is 9.71. The molecule has 0 saturated heterocycles. The van der Waals surface area contributed by atoms with Gasteiger partial charge in [-0.15, -0.1) is 0 Å². The quantitative estimate of drug-likeness (QED) is 0.681. The fourth-order valence-electron chi connectivity index (χ4n) is 1.87. The molecule has 0 aliphatic rings. The Labute approximate surface area is 102 Å². The second-order valence-electron chi connectivity index (χ2n) is 4.12. The van der Waals surface area contributed by atoms with Crippen molar-refractivity contribution in [2.24, 2.45) is 0 Å². The Bertz CT molecular complexity index is 772. The number of fused-ring (bicyclic) bond motifs is 1. The molecule has 2 aromatic heterocycles. The monoisotopic (exact) mass is 241 g/mol. The molecule has 0 radical (unpaired) electrons. The second kappa shape index (κ2) is 3.73. The van der Waals surface area contributed by atoms with Gasteiger partial charge in [0.25, 0.3) is 5.56 Å². The summed E-state index contributed by atoms with van der Waals surface area (Å²) in [6, 6.07) is 9.33. The maximum absolute atomic E-state index is 11.5. The molecular formula is C13H11N3O2. The Morgan fingerprint density at radius 1 is 1.28 bits per heavy atom. The summed E-state index contributed by atoms with van der Waals surface area (Å²) in [7, 11) is 0. The van der Waals surface area contributed by atoms with Gasteiger partial charge in [0, 0.05) is 17.3 Å². The minimum atomic E-state index is -0.225. The molecule has 18 heavy (non-hydrogen) atoms. The van der Waals surface area contributed by atoms with Crippen LogP contribution in [-0.4, -0.2) is 19.7 Å². The van der Waals surface area contributed by atoms with Gasteiger partial charge in [-0.05, 0) is 6.92 Å². The first-order valence-corrected chi connectivity index (χ1v) is 5.53. The fourth-order valence-corrected chi connectivity index (χ4v) is 1.87. The first-order valence-electron chi connectivity index (χ1n) is 5.53. The first kappa shape index (κ1) is 10.6. The summed E-state index contributed by atoms with van der Waals surface area (Å²) < 4.78 is 1.48. The molecule has 0 amide bonds. The van der Waals surface area contributed by atoms with Crippen LogP contribution in [0.5, 0.6) is 5.75 Å². The Kier molecular flexibility index (Phi) is 2.19. The summed E-state index contributed by atoms with van der Waals surface area (Å²) in [4.78, 5) is 14.1. The van der Waals surface area contributed by atoms with Gasteiger partial charge in [-0.2, -0.15) is 5.10 Å². The maximum atomic E-state index is 11.5. The summed E-state index contributed by atoms with van der Waals surface area (Å²) in [5.74, 6) is -0.0155. The summed E-state index contributed by atoms with van der Waals surface area (Å²) in [6.07, 6.45) is 1.60. The van der Waals surface area contributed by atoms with Crippen LogP contribution in [0.4, 0.5) is 0 Å². The van der Waals surface area contributed by atoms with Gasteiger partial charge >= 0.3 is 0 Å². The smallest absolute Gasteiger partial charge is 0.254 e. The SMILES string of the molecule is Cc1cn2nc(-c3ccccc3)c(O)c2[nH]c1=O. The van der Waals surface area contributed by atoms with Crippen molar-refractivity contribution in [1.29, 1.82) is 0 Å². The van der Waals surface area contributed by atoms with Crippen molar-refractivity contribution < 1.29 is 5.11 Å². The van der Waals surface area contributed by atoms with Crippen molar-refractivity contribution >= 4 is 5.65 Å². The molecule has 0 aliphatic carbocycles. The number of aryl methyl sites for hydroxylation is 1. The highest BCUT2D eigenvalue weighted by atomic mass is 16.3. The van der Waals surface area contributed by atoms with Crippen molar-refractivity contribution in [2.45, 2.75) is 6.92 Å². The van der Waals surface area contributed by atoms with E-state index in [4.69, 9.17) is 0 Å². The van der Waals surface area contributed by atoms with E-state index in [0.29, 0.717) is 16.9 Å². The van der Waals surface area contributed by atoms with Crippen molar-refractivity contribution in [3.05, 3.63) is 52.4 Å². The van der Waals surface area contributed by atoms with Crippen molar-refractivity contribution in [3.63, 3.8) is 0 Å². The van der Waals surface area contributed by atoms with Gasteiger partial charge in [-0.1, -0.05) is 30.3 Å². The van der Waals surface area contributed by atoms with E-state index in [9.17, 15) is 9.90 Å². The Morgan fingerprint density at radius 2 is 2.00 bits per heavy atom. The van der Waals surface area contributed by atoms with E-state index in [0.717, 1.165) is 5.56 Å². The van der Waals surface area contributed by atoms with Crippen LogP contribution in [0.15, 0.2) is 41.3 Å². The van der Waals surface area contributed by atoms with Gasteiger partial charge in [0.05, 0.1) is 0 Å². The molecule has 90 valence electrons. The van der Waals surface area contributed by atoms with Crippen molar-refractivity contribution in [3.8, 4) is 17.0 Å². The molecule has 2 N–H and O–H groups in total. The van der Waals surface area contributed by atoms with Crippen LogP contribution in [0.2, 0.25) is 0 Å². The van der Waals surface area contributed by atoms with Gasteiger partial charge in [0.15, 0.2) is 11.4 Å². The van der Waals surface area contributed by atoms with Gasteiger partial charge < -0.3 is 10.1 Å². The molecule has 0 bridgehead atoms. The molecule has 0 spiro atoms. The van der Waals surface area contributed by atoms with Crippen LogP contribution in [-0.2, 0) is 0 Å². The normalized spacial score (nSPS) is 10.9. The van der Waals surface area contributed by atoms with E-state index in [1.807, 2.05) is 30.3 Å². The van der Waals surface area contributed by atoms with Crippen LogP contribution >= 0.6 is 0 Å². The van der Waals surface area contributed by atoms with Crippen LogP contribution in [0.25, 0.3) is 16.9 Å². The number of nitrogens with one attached hydrogen (secondary N) is 1. The largest absolute Gasteiger partial charge is 0.503 e. The number of H-pyrrole nitrogens is 1.